The van der Waals surface area contributed by atoms with E-state index in [9.17, 15) is 4.79 Å². The molecule has 0 spiro atoms. The van der Waals surface area contributed by atoms with E-state index in [4.69, 9.17) is 10.9 Å². The zero-order valence-corrected chi connectivity index (χ0v) is 12.0. The number of amides is 1. The average molecular weight is 334 g/mol. The Morgan fingerprint density at radius 3 is 2.45 bits per heavy atom. The van der Waals surface area contributed by atoms with Gasteiger partial charge in [-0.05, 0) is 36.4 Å². The Balaban J connectivity index is 2.26. The lowest BCUT2D eigenvalue weighted by Gasteiger charge is -2.10. The lowest BCUT2D eigenvalue weighted by Crippen LogP contribution is -2.19. The van der Waals surface area contributed by atoms with Crippen molar-refractivity contribution in [3.63, 3.8) is 0 Å². The van der Waals surface area contributed by atoms with Crippen molar-refractivity contribution in [3.05, 3.63) is 64.1 Å². The van der Waals surface area contributed by atoms with Crippen LogP contribution in [-0.2, 0) is 0 Å². The van der Waals surface area contributed by atoms with Crippen molar-refractivity contribution in [2.75, 3.05) is 5.32 Å². The molecule has 0 saturated heterocycles. The number of halogens is 1. The number of benzene rings is 2. The second-order valence-corrected chi connectivity index (χ2v) is 4.91. The Labute approximate surface area is 124 Å². The van der Waals surface area contributed by atoms with Crippen molar-refractivity contribution in [1.29, 1.82) is 0 Å². The van der Waals surface area contributed by atoms with Crippen molar-refractivity contribution in [1.82, 2.24) is 0 Å². The van der Waals surface area contributed by atoms with Crippen LogP contribution in [0.25, 0.3) is 0 Å². The summed E-state index contributed by atoms with van der Waals surface area (Å²) in [5, 5.41) is 14.4. The predicted octanol–water partition coefficient (Wildman–Crippen LogP) is 2.80. The Bertz CT molecular complexity index is 654. The average Bonchev–Trinajstić information content (AvgIpc) is 2.47. The molecule has 0 saturated carbocycles. The number of nitrogens with two attached hydrogens (primary N) is 1. The quantitative estimate of drug-likeness (QED) is 0.349. The number of oxime groups is 1. The third kappa shape index (κ3) is 3.16. The summed E-state index contributed by atoms with van der Waals surface area (Å²) in [6.45, 7) is 0. The molecule has 5 nitrogen and oxygen atoms in total. The molecule has 0 aromatic heterocycles. The summed E-state index contributed by atoms with van der Waals surface area (Å²) < 4.78 is 0.895. The van der Waals surface area contributed by atoms with Gasteiger partial charge in [-0.2, -0.15) is 0 Å². The maximum Gasteiger partial charge on any atom is 0.255 e. The van der Waals surface area contributed by atoms with Crippen LogP contribution in [0.5, 0.6) is 0 Å². The van der Waals surface area contributed by atoms with Crippen LogP contribution in [0.15, 0.2) is 58.2 Å². The highest BCUT2D eigenvalue weighted by Crippen LogP contribution is 2.17. The lowest BCUT2D eigenvalue weighted by atomic mass is 10.1. The van der Waals surface area contributed by atoms with Crippen LogP contribution in [0.3, 0.4) is 0 Å². The highest BCUT2D eigenvalue weighted by atomic mass is 79.9. The molecule has 2 aromatic rings. The molecule has 0 aliphatic heterocycles. The van der Waals surface area contributed by atoms with Crippen molar-refractivity contribution >= 4 is 33.4 Å². The number of nitrogens with zero attached hydrogens (tertiary/aromatic N) is 1. The van der Waals surface area contributed by atoms with E-state index in [1.807, 2.05) is 0 Å². The van der Waals surface area contributed by atoms with Gasteiger partial charge in [0.1, 0.15) is 0 Å². The summed E-state index contributed by atoms with van der Waals surface area (Å²) >= 11 is 3.31. The Hall–Kier alpha value is -2.34. The number of rotatable bonds is 3. The van der Waals surface area contributed by atoms with E-state index >= 15 is 0 Å². The molecule has 102 valence electrons. The van der Waals surface area contributed by atoms with Gasteiger partial charge in [0.05, 0.1) is 5.69 Å². The van der Waals surface area contributed by atoms with E-state index < -0.39 is 0 Å². The van der Waals surface area contributed by atoms with Crippen molar-refractivity contribution in [2.24, 2.45) is 10.9 Å². The molecule has 2 aromatic carbocycles. The van der Waals surface area contributed by atoms with E-state index in [0.29, 0.717) is 16.8 Å². The van der Waals surface area contributed by atoms with Crippen LogP contribution in [0.4, 0.5) is 5.69 Å². The van der Waals surface area contributed by atoms with Gasteiger partial charge in [0.25, 0.3) is 5.91 Å². The van der Waals surface area contributed by atoms with Crippen LogP contribution in [0.2, 0.25) is 0 Å². The smallest absolute Gasteiger partial charge is 0.255 e. The molecule has 0 aliphatic carbocycles. The molecule has 0 heterocycles. The monoisotopic (exact) mass is 333 g/mol. The van der Waals surface area contributed by atoms with Crippen molar-refractivity contribution in [2.45, 2.75) is 0 Å². The number of carbonyl (C=O) groups excluding carboxylic acids is 1. The maximum atomic E-state index is 12.1. The largest absolute Gasteiger partial charge is 0.409 e. The van der Waals surface area contributed by atoms with Gasteiger partial charge in [0, 0.05) is 15.6 Å². The first-order chi connectivity index (χ1) is 9.61. The molecule has 4 N–H and O–H groups in total. The van der Waals surface area contributed by atoms with E-state index in [1.54, 1.807) is 48.5 Å². The van der Waals surface area contributed by atoms with Gasteiger partial charge in [-0.15, -0.1) is 0 Å². The fourth-order valence-electron chi connectivity index (χ4n) is 1.67. The number of anilines is 1. The first-order valence-corrected chi connectivity index (χ1v) is 6.55. The maximum absolute atomic E-state index is 12.1. The lowest BCUT2D eigenvalue weighted by molar-refractivity contribution is 0.102. The number of nitrogens with one attached hydrogen (secondary N) is 1. The Morgan fingerprint density at radius 2 is 1.80 bits per heavy atom. The van der Waals surface area contributed by atoms with E-state index in [0.717, 1.165) is 4.47 Å². The zero-order chi connectivity index (χ0) is 14.5. The molecule has 0 radical (unpaired) electrons. The standard InChI is InChI=1S/C14H12BrN3O2/c15-10-7-5-9(6-8-10)14(19)17-12-4-2-1-3-11(12)13(16)18-20/h1-8,20H,(H2,16,18)(H,17,19). The van der Waals surface area contributed by atoms with Gasteiger partial charge in [0.2, 0.25) is 0 Å². The molecular formula is C14H12BrN3O2. The summed E-state index contributed by atoms with van der Waals surface area (Å²) in [6.07, 6.45) is 0. The topological polar surface area (TPSA) is 87.7 Å². The summed E-state index contributed by atoms with van der Waals surface area (Å²) in [4.78, 5) is 12.1. The number of hydrogen-bond donors (Lipinski definition) is 3. The normalized spacial score (nSPS) is 11.2. The zero-order valence-electron chi connectivity index (χ0n) is 10.4. The van der Waals surface area contributed by atoms with Crippen LogP contribution in [-0.4, -0.2) is 17.0 Å². The first-order valence-electron chi connectivity index (χ1n) is 5.75. The van der Waals surface area contributed by atoms with Gasteiger partial charge >= 0.3 is 0 Å². The van der Waals surface area contributed by atoms with E-state index in [2.05, 4.69) is 26.4 Å². The van der Waals surface area contributed by atoms with Crippen molar-refractivity contribution in [3.8, 4) is 0 Å². The third-order valence-corrected chi connectivity index (χ3v) is 3.19. The van der Waals surface area contributed by atoms with Crippen molar-refractivity contribution < 1.29 is 10.0 Å². The minimum Gasteiger partial charge on any atom is -0.409 e. The van der Waals surface area contributed by atoms with Gasteiger partial charge in [-0.25, -0.2) is 0 Å². The predicted molar refractivity (Wildman–Crippen MR) is 81.0 cm³/mol. The summed E-state index contributed by atoms with van der Waals surface area (Å²) in [5.41, 5.74) is 7.03. The molecular weight excluding hydrogens is 322 g/mol. The van der Waals surface area contributed by atoms with E-state index in [1.165, 1.54) is 0 Å². The van der Waals surface area contributed by atoms with E-state index in [-0.39, 0.29) is 11.7 Å². The second kappa shape index (κ2) is 6.21. The summed E-state index contributed by atoms with van der Waals surface area (Å²) in [7, 11) is 0. The van der Waals surface area contributed by atoms with Gasteiger partial charge in [-0.1, -0.05) is 33.2 Å². The van der Waals surface area contributed by atoms with Gasteiger partial charge < -0.3 is 16.3 Å². The number of para-hydroxylation sites is 1. The first kappa shape index (κ1) is 14.1. The molecule has 6 heteroatoms. The highest BCUT2D eigenvalue weighted by Gasteiger charge is 2.11. The van der Waals surface area contributed by atoms with Crippen LogP contribution in [0, 0.1) is 0 Å². The summed E-state index contributed by atoms with van der Waals surface area (Å²) in [6, 6.07) is 13.8. The molecule has 0 atom stereocenters. The molecule has 0 fully saturated rings. The Kier molecular flexibility index (Phi) is 4.37. The SMILES string of the molecule is N/C(=N/O)c1ccccc1NC(=O)c1ccc(Br)cc1. The molecule has 2 rings (SSSR count). The second-order valence-electron chi connectivity index (χ2n) is 3.99. The number of hydrogen-bond acceptors (Lipinski definition) is 3. The number of amidine groups is 1. The highest BCUT2D eigenvalue weighted by molar-refractivity contribution is 9.10. The van der Waals surface area contributed by atoms with Crippen LogP contribution >= 0.6 is 15.9 Å². The molecule has 0 aliphatic rings. The van der Waals surface area contributed by atoms with Crippen LogP contribution in [0.1, 0.15) is 15.9 Å². The summed E-state index contributed by atoms with van der Waals surface area (Å²) in [5.74, 6) is -0.326. The molecule has 0 bridgehead atoms. The molecule has 20 heavy (non-hydrogen) atoms. The van der Waals surface area contributed by atoms with Gasteiger partial charge in [-0.3, -0.25) is 4.79 Å². The fourth-order valence-corrected chi connectivity index (χ4v) is 1.93. The molecule has 1 amide bonds. The fraction of sp³-hybridized carbons (Fsp3) is 0. The third-order valence-electron chi connectivity index (χ3n) is 2.67. The number of carbonyl (C=O) groups is 1. The molecule has 0 unspecified atom stereocenters. The minimum atomic E-state index is -0.268. The van der Waals surface area contributed by atoms with Crippen LogP contribution < -0.4 is 11.1 Å². The Morgan fingerprint density at radius 1 is 1.15 bits per heavy atom. The van der Waals surface area contributed by atoms with Gasteiger partial charge in [0.15, 0.2) is 5.84 Å². The minimum absolute atomic E-state index is 0.0586.